The number of nitrogens with one attached hydrogen (secondary N) is 2. The van der Waals surface area contributed by atoms with Crippen LogP contribution in [-0.4, -0.2) is 67.9 Å². The molecule has 30 heavy (non-hydrogen) atoms. The van der Waals surface area contributed by atoms with Gasteiger partial charge in [0.15, 0.2) is 5.75 Å². The number of likely N-dealkylation sites (N-methyl/N-ethyl adjacent to an activating group) is 1. The Morgan fingerprint density at radius 3 is 2.57 bits per heavy atom. The number of hydrogen-bond donors (Lipinski definition) is 3. The molecule has 10 nitrogen and oxygen atoms in total. The molecule has 11 heteroatoms. The molecule has 3 atom stereocenters. The molecule has 166 valence electrons. The van der Waals surface area contributed by atoms with E-state index in [4.69, 9.17) is 13.8 Å². The fourth-order valence-corrected chi connectivity index (χ4v) is 3.61. The number of ether oxygens (including phenoxy) is 1. The zero-order valence-corrected chi connectivity index (χ0v) is 18.2. The van der Waals surface area contributed by atoms with Crippen LogP contribution in [0.15, 0.2) is 42.6 Å². The van der Waals surface area contributed by atoms with E-state index in [1.54, 1.807) is 37.3 Å². The Balaban J connectivity index is 2.74. The van der Waals surface area contributed by atoms with Gasteiger partial charge in [0.25, 0.3) is 0 Å². The lowest BCUT2D eigenvalue weighted by Gasteiger charge is -2.26. The molecular weight excluding hydrogens is 413 g/mol. The maximum Gasteiger partial charge on any atom is 0.544 e. The summed E-state index contributed by atoms with van der Waals surface area (Å²) in [5.41, 5.74) is 0. The third-order valence-electron chi connectivity index (χ3n) is 3.99. The fraction of sp³-hybridized carbons (Fsp3) is 0.421. The maximum absolute atomic E-state index is 11.3. The normalized spacial score (nSPS) is 15.1. The van der Waals surface area contributed by atoms with E-state index in [0.717, 1.165) is 0 Å². The summed E-state index contributed by atoms with van der Waals surface area (Å²) in [6.45, 7) is 1.56. The predicted molar refractivity (Wildman–Crippen MR) is 112 cm³/mol. The van der Waals surface area contributed by atoms with Crippen LogP contribution >= 0.6 is 8.09 Å². The van der Waals surface area contributed by atoms with Crippen LogP contribution in [0, 0.1) is 0 Å². The zero-order chi connectivity index (χ0) is 22.4. The van der Waals surface area contributed by atoms with Gasteiger partial charge < -0.3 is 19.7 Å². The first-order chi connectivity index (χ1) is 14.4. The summed E-state index contributed by atoms with van der Waals surface area (Å²) in [7, 11) is -0.631. The summed E-state index contributed by atoms with van der Waals surface area (Å²) in [6, 6.07) is 8.24. The van der Waals surface area contributed by atoms with Crippen LogP contribution in [0.1, 0.15) is 13.3 Å². The number of amides is 2. The number of carbonyl (C=O) groups excluding carboxylic acids is 3. The molecular formula is C19H29N3O7P+. The van der Waals surface area contributed by atoms with E-state index in [-0.39, 0.29) is 25.1 Å². The Labute approximate surface area is 176 Å². The summed E-state index contributed by atoms with van der Waals surface area (Å²) < 4.78 is 16.5. The van der Waals surface area contributed by atoms with Gasteiger partial charge in [-0.2, -0.15) is 9.42 Å². The first kappa shape index (κ1) is 25.7. The van der Waals surface area contributed by atoms with Gasteiger partial charge in [-0.25, -0.2) is 0 Å². The number of hydrogen-bond acceptors (Lipinski definition) is 8. The van der Waals surface area contributed by atoms with Crippen LogP contribution in [0.2, 0.25) is 0 Å². The molecule has 0 aliphatic carbocycles. The average Bonchev–Trinajstić information content (AvgIpc) is 2.76. The van der Waals surface area contributed by atoms with Crippen LogP contribution in [-0.2, 0) is 23.6 Å². The lowest BCUT2D eigenvalue weighted by atomic mass is 10.1. The summed E-state index contributed by atoms with van der Waals surface area (Å²) in [6.07, 6.45) is 3.65. The Bertz CT molecular complexity index is 692. The molecule has 0 aliphatic rings. The lowest BCUT2D eigenvalue weighted by Crippen LogP contribution is -2.34. The number of para-hydroxylation sites is 1. The van der Waals surface area contributed by atoms with Crippen LogP contribution < -0.4 is 14.9 Å². The van der Waals surface area contributed by atoms with Gasteiger partial charge >= 0.3 is 8.09 Å². The molecule has 0 spiro atoms. The van der Waals surface area contributed by atoms with Crippen molar-refractivity contribution in [2.24, 2.45) is 0 Å². The minimum atomic E-state index is -3.59. The van der Waals surface area contributed by atoms with Crippen molar-refractivity contribution in [2.45, 2.75) is 25.5 Å². The highest BCUT2D eigenvalue weighted by Gasteiger charge is 2.44. The molecule has 0 aliphatic heterocycles. The second-order valence-corrected chi connectivity index (χ2v) is 7.97. The van der Waals surface area contributed by atoms with Gasteiger partial charge in [0.1, 0.15) is 12.9 Å². The van der Waals surface area contributed by atoms with E-state index in [9.17, 15) is 19.3 Å². The molecule has 1 aromatic carbocycles. The van der Waals surface area contributed by atoms with E-state index in [1.165, 1.54) is 31.3 Å². The second-order valence-electron chi connectivity index (χ2n) is 6.17. The first-order valence-electron chi connectivity index (χ1n) is 9.22. The van der Waals surface area contributed by atoms with E-state index in [2.05, 4.69) is 10.4 Å². The number of carbonyl (C=O) groups is 3. The molecule has 1 aromatic rings. The van der Waals surface area contributed by atoms with Gasteiger partial charge in [-0.05, 0) is 25.5 Å². The van der Waals surface area contributed by atoms with Crippen LogP contribution in [0.5, 0.6) is 5.75 Å². The average molecular weight is 442 g/mol. The molecule has 0 aromatic heterocycles. The Morgan fingerprint density at radius 1 is 1.30 bits per heavy atom. The van der Waals surface area contributed by atoms with Gasteiger partial charge in [0.05, 0.1) is 12.6 Å². The minimum absolute atomic E-state index is 0.0599. The predicted octanol–water partition coefficient (Wildman–Crippen LogP) is 1.05. The van der Waals surface area contributed by atoms with Gasteiger partial charge in [-0.15, -0.1) is 5.09 Å². The number of rotatable bonds is 15. The van der Waals surface area contributed by atoms with Gasteiger partial charge in [0, 0.05) is 32.5 Å². The summed E-state index contributed by atoms with van der Waals surface area (Å²) in [4.78, 5) is 45.4. The molecule has 2 amide bonds. The van der Waals surface area contributed by atoms with Crippen LogP contribution in [0.25, 0.3) is 0 Å². The molecule has 3 N–H and O–H groups in total. The molecule has 1 unspecified atom stereocenters. The Kier molecular flexibility index (Phi) is 11.8. The van der Waals surface area contributed by atoms with Gasteiger partial charge in [0.2, 0.25) is 12.3 Å². The number of methoxy groups -OCH3 is 1. The summed E-state index contributed by atoms with van der Waals surface area (Å²) >= 11 is 0. The van der Waals surface area contributed by atoms with Gasteiger partial charge in [-0.3, -0.25) is 14.1 Å². The molecule has 0 heterocycles. The molecule has 0 saturated heterocycles. The van der Waals surface area contributed by atoms with Crippen molar-refractivity contribution in [3.05, 3.63) is 42.6 Å². The summed E-state index contributed by atoms with van der Waals surface area (Å²) in [5, 5.41) is 5.00. The van der Waals surface area contributed by atoms with Crippen molar-refractivity contribution in [1.29, 1.82) is 0 Å². The highest BCUT2D eigenvalue weighted by Crippen LogP contribution is 2.52. The smallest absolute Gasteiger partial charge is 0.379 e. The third kappa shape index (κ3) is 9.43. The highest BCUT2D eigenvalue weighted by molar-refractivity contribution is 7.58. The minimum Gasteiger partial charge on any atom is -0.379 e. The monoisotopic (exact) mass is 442 g/mol. The fourth-order valence-electron chi connectivity index (χ4n) is 2.32. The lowest BCUT2D eigenvalue weighted by molar-refractivity contribution is -0.118. The maximum atomic E-state index is 11.3. The Hall–Kier alpha value is -2.36. The van der Waals surface area contributed by atoms with Crippen LogP contribution in [0.4, 0.5) is 0 Å². The first-order valence-corrected chi connectivity index (χ1v) is 10.8. The standard InChI is InChI=1S/C19H28N3O7P/c1-16(22(15-24)11-9-19(25)20-2)13-18(27-3)14-28-30(26,21-10-12-23)29-17-7-5-4-6-8-17/h4-9,11-12,15-16,18,21,26H,10,13-14H2,1-3H3/p+1/b11-9-/t16-,18-,30?/m0/s1. The molecule has 0 bridgehead atoms. The van der Waals surface area contributed by atoms with Crippen molar-refractivity contribution in [1.82, 2.24) is 15.3 Å². The molecule has 0 fully saturated rings. The largest absolute Gasteiger partial charge is 0.544 e. The highest BCUT2D eigenvalue weighted by atomic mass is 31.2. The number of benzene rings is 1. The molecule has 0 radical (unpaired) electrons. The zero-order valence-electron chi connectivity index (χ0n) is 17.3. The van der Waals surface area contributed by atoms with Crippen molar-refractivity contribution in [2.75, 3.05) is 27.3 Å². The van der Waals surface area contributed by atoms with Gasteiger partial charge in [-0.1, -0.05) is 18.2 Å². The van der Waals surface area contributed by atoms with Crippen molar-refractivity contribution in [3.63, 3.8) is 0 Å². The quantitative estimate of drug-likeness (QED) is 0.209. The molecule has 1 rings (SSSR count). The van der Waals surface area contributed by atoms with Crippen molar-refractivity contribution < 1.29 is 33.1 Å². The van der Waals surface area contributed by atoms with E-state index in [0.29, 0.717) is 24.9 Å². The second kappa shape index (κ2) is 13.8. The SMILES string of the molecule is CNC(=O)/C=C\N(C=O)[C@@H](C)C[C@@H](CO[P+](O)(NCC=O)Oc1ccccc1)OC. The number of aldehydes is 1. The van der Waals surface area contributed by atoms with E-state index in [1.807, 2.05) is 0 Å². The van der Waals surface area contributed by atoms with E-state index >= 15 is 0 Å². The van der Waals surface area contributed by atoms with Crippen LogP contribution in [0.3, 0.4) is 0 Å². The molecule has 0 saturated carbocycles. The third-order valence-corrected chi connectivity index (χ3v) is 5.53. The summed E-state index contributed by atoms with van der Waals surface area (Å²) in [5.74, 6) is 0.0374. The van der Waals surface area contributed by atoms with Crippen molar-refractivity contribution >= 4 is 26.7 Å². The Morgan fingerprint density at radius 2 is 2.00 bits per heavy atom. The van der Waals surface area contributed by atoms with Crippen molar-refractivity contribution in [3.8, 4) is 5.75 Å². The van der Waals surface area contributed by atoms with E-state index < -0.39 is 14.2 Å². The number of nitrogens with zero attached hydrogens (tertiary/aromatic N) is 1. The topological polar surface area (TPSA) is 126 Å².